The summed E-state index contributed by atoms with van der Waals surface area (Å²) < 4.78 is 38.6. The van der Waals surface area contributed by atoms with Gasteiger partial charge in [0.25, 0.3) is 5.91 Å². The van der Waals surface area contributed by atoms with E-state index in [2.05, 4.69) is 47.6 Å². The summed E-state index contributed by atoms with van der Waals surface area (Å²) in [5.74, 6) is -1.76. The Bertz CT molecular complexity index is 1520. The van der Waals surface area contributed by atoms with Gasteiger partial charge in [0.05, 0.1) is 22.9 Å². The first-order valence-corrected chi connectivity index (χ1v) is 14.7. The third-order valence-corrected chi connectivity index (χ3v) is 8.78. The second kappa shape index (κ2) is 10.7. The Kier molecular flexibility index (Phi) is 7.31. The standard InChI is InChI=1S/C29H31FN4O4S/c1-19-3-4-20(2)27(15-19)33-11-13-34(14-12-33)29(36)22-7-10-24-25(16-22)32-28(35)26(31-24)18-39(37,38)17-21-5-8-23(30)9-6-21/h3-10,15-16,26,31H,11-14,17-18H2,1-2H3,(H,32,35)/t26-/m0/s1. The third-order valence-electron chi connectivity index (χ3n) is 7.16. The number of amides is 2. The summed E-state index contributed by atoms with van der Waals surface area (Å²) >= 11 is 0. The normalized spacial score (nSPS) is 17.3. The number of hydrogen-bond acceptors (Lipinski definition) is 6. The summed E-state index contributed by atoms with van der Waals surface area (Å²) in [4.78, 5) is 30.1. The number of sulfone groups is 1. The van der Waals surface area contributed by atoms with Crippen molar-refractivity contribution in [3.63, 3.8) is 0 Å². The maximum absolute atomic E-state index is 13.2. The number of carbonyl (C=O) groups excluding carboxylic acids is 2. The number of piperazine rings is 1. The number of carbonyl (C=O) groups is 2. The van der Waals surface area contributed by atoms with Gasteiger partial charge in [0, 0.05) is 37.4 Å². The predicted molar refractivity (Wildman–Crippen MR) is 150 cm³/mol. The number of anilines is 3. The lowest BCUT2D eigenvalue weighted by Gasteiger charge is -2.37. The highest BCUT2D eigenvalue weighted by Gasteiger charge is 2.31. The lowest BCUT2D eigenvalue weighted by Crippen LogP contribution is -2.49. The summed E-state index contributed by atoms with van der Waals surface area (Å²) in [5.41, 5.74) is 5.50. The molecule has 0 radical (unpaired) electrons. The van der Waals surface area contributed by atoms with Gasteiger partial charge >= 0.3 is 0 Å². The van der Waals surface area contributed by atoms with Gasteiger partial charge in [0.2, 0.25) is 5.91 Å². The largest absolute Gasteiger partial charge is 0.371 e. The van der Waals surface area contributed by atoms with E-state index >= 15 is 0 Å². The Morgan fingerprint density at radius 1 is 0.949 bits per heavy atom. The van der Waals surface area contributed by atoms with Crippen LogP contribution in [0.25, 0.3) is 0 Å². The van der Waals surface area contributed by atoms with E-state index in [1.54, 1.807) is 18.2 Å². The Labute approximate surface area is 227 Å². The lowest BCUT2D eigenvalue weighted by atomic mass is 10.1. The molecule has 8 nitrogen and oxygen atoms in total. The molecule has 1 saturated heterocycles. The highest BCUT2D eigenvalue weighted by Crippen LogP contribution is 2.30. The fraction of sp³-hybridized carbons (Fsp3) is 0.310. The molecule has 1 fully saturated rings. The van der Waals surface area contributed by atoms with Crippen molar-refractivity contribution in [3.8, 4) is 0 Å². The highest BCUT2D eigenvalue weighted by molar-refractivity contribution is 7.90. The van der Waals surface area contributed by atoms with Crippen molar-refractivity contribution in [2.45, 2.75) is 25.6 Å². The summed E-state index contributed by atoms with van der Waals surface area (Å²) in [6.07, 6.45) is 0. The molecule has 0 saturated carbocycles. The second-order valence-electron chi connectivity index (χ2n) is 10.2. The third kappa shape index (κ3) is 6.06. The molecule has 0 bridgehead atoms. The molecule has 2 aliphatic rings. The monoisotopic (exact) mass is 550 g/mol. The molecule has 5 rings (SSSR count). The average Bonchev–Trinajstić information content (AvgIpc) is 2.91. The molecular weight excluding hydrogens is 519 g/mol. The minimum Gasteiger partial charge on any atom is -0.371 e. The minimum absolute atomic E-state index is 0.114. The number of nitrogens with zero attached hydrogens (tertiary/aromatic N) is 2. The first kappa shape index (κ1) is 26.7. The van der Waals surface area contributed by atoms with Crippen LogP contribution in [0.1, 0.15) is 27.0 Å². The molecule has 2 amide bonds. The van der Waals surface area contributed by atoms with E-state index in [4.69, 9.17) is 0 Å². The zero-order valence-electron chi connectivity index (χ0n) is 21.9. The van der Waals surface area contributed by atoms with Crippen LogP contribution < -0.4 is 15.5 Å². The van der Waals surface area contributed by atoms with E-state index in [1.807, 2.05) is 4.90 Å². The molecular formula is C29H31FN4O4S. The molecule has 3 aromatic carbocycles. The number of aryl methyl sites for hydroxylation is 2. The van der Waals surface area contributed by atoms with E-state index in [1.165, 1.54) is 41.1 Å². The fourth-order valence-corrected chi connectivity index (χ4v) is 6.60. The summed E-state index contributed by atoms with van der Waals surface area (Å²) in [5, 5.41) is 5.74. The summed E-state index contributed by atoms with van der Waals surface area (Å²) in [6, 6.07) is 15.6. The smallest absolute Gasteiger partial charge is 0.254 e. The number of halogens is 1. The first-order valence-electron chi connectivity index (χ1n) is 12.9. The van der Waals surface area contributed by atoms with Crippen LogP contribution in [0, 0.1) is 19.7 Å². The van der Waals surface area contributed by atoms with E-state index in [-0.39, 0.29) is 11.7 Å². The van der Waals surface area contributed by atoms with Gasteiger partial charge in [-0.2, -0.15) is 0 Å². The van der Waals surface area contributed by atoms with Crippen LogP contribution in [-0.4, -0.2) is 63.1 Å². The predicted octanol–water partition coefficient (Wildman–Crippen LogP) is 3.75. The van der Waals surface area contributed by atoms with Gasteiger partial charge in [-0.05, 0) is 66.9 Å². The van der Waals surface area contributed by atoms with Crippen molar-refractivity contribution in [1.29, 1.82) is 0 Å². The molecule has 1 atom stereocenters. The topological polar surface area (TPSA) is 98.8 Å². The Balaban J connectivity index is 1.22. The quantitative estimate of drug-likeness (QED) is 0.485. The van der Waals surface area contributed by atoms with Crippen LogP contribution in [0.2, 0.25) is 0 Å². The van der Waals surface area contributed by atoms with Gasteiger partial charge in [-0.25, -0.2) is 12.8 Å². The van der Waals surface area contributed by atoms with Crippen LogP contribution in [0.5, 0.6) is 0 Å². The van der Waals surface area contributed by atoms with E-state index in [0.717, 1.165) is 13.1 Å². The Morgan fingerprint density at radius 2 is 1.67 bits per heavy atom. The maximum Gasteiger partial charge on any atom is 0.254 e. The maximum atomic E-state index is 13.2. The molecule has 0 aromatic heterocycles. The molecule has 0 spiro atoms. The van der Waals surface area contributed by atoms with E-state index in [0.29, 0.717) is 35.6 Å². The molecule has 204 valence electrons. The van der Waals surface area contributed by atoms with Crippen molar-refractivity contribution in [2.75, 3.05) is 47.5 Å². The molecule has 39 heavy (non-hydrogen) atoms. The molecule has 3 aromatic rings. The van der Waals surface area contributed by atoms with Gasteiger partial charge in [-0.1, -0.05) is 24.3 Å². The number of hydrogen-bond donors (Lipinski definition) is 2. The zero-order valence-corrected chi connectivity index (χ0v) is 22.7. The first-order chi connectivity index (χ1) is 18.6. The van der Waals surface area contributed by atoms with Crippen molar-refractivity contribution >= 4 is 38.7 Å². The number of nitrogens with one attached hydrogen (secondary N) is 2. The van der Waals surface area contributed by atoms with Gasteiger partial charge in [-0.15, -0.1) is 0 Å². The molecule has 0 aliphatic carbocycles. The van der Waals surface area contributed by atoms with Crippen molar-refractivity contribution in [3.05, 3.63) is 88.7 Å². The second-order valence-corrected chi connectivity index (χ2v) is 12.3. The number of rotatable bonds is 6. The van der Waals surface area contributed by atoms with Gasteiger partial charge in [0.15, 0.2) is 9.84 Å². The Morgan fingerprint density at radius 3 is 2.38 bits per heavy atom. The van der Waals surface area contributed by atoms with Gasteiger partial charge in [-0.3, -0.25) is 9.59 Å². The number of fused-ring (bicyclic) bond motifs is 1. The summed E-state index contributed by atoms with van der Waals surface area (Å²) in [7, 11) is -3.66. The lowest BCUT2D eigenvalue weighted by molar-refractivity contribution is -0.116. The summed E-state index contributed by atoms with van der Waals surface area (Å²) in [6.45, 7) is 6.79. The van der Waals surface area contributed by atoms with Crippen LogP contribution in [0.3, 0.4) is 0 Å². The SMILES string of the molecule is Cc1ccc(C)c(N2CCN(C(=O)c3ccc4c(c3)NC(=O)[C@H](CS(=O)(=O)Cc3ccc(F)cc3)N4)CC2)c1. The zero-order chi connectivity index (χ0) is 27.7. The molecule has 2 aliphatic heterocycles. The van der Waals surface area contributed by atoms with Crippen LogP contribution in [-0.2, 0) is 20.4 Å². The van der Waals surface area contributed by atoms with Crippen molar-refractivity contribution in [2.24, 2.45) is 0 Å². The van der Waals surface area contributed by atoms with Gasteiger partial charge < -0.3 is 20.4 Å². The van der Waals surface area contributed by atoms with Crippen molar-refractivity contribution < 1.29 is 22.4 Å². The molecule has 2 heterocycles. The fourth-order valence-electron chi connectivity index (χ4n) is 5.04. The number of benzene rings is 3. The van der Waals surface area contributed by atoms with Gasteiger partial charge in [0.1, 0.15) is 11.9 Å². The minimum atomic E-state index is -3.66. The van der Waals surface area contributed by atoms with Crippen LogP contribution >= 0.6 is 0 Å². The Hall–Kier alpha value is -3.92. The van der Waals surface area contributed by atoms with E-state index in [9.17, 15) is 22.4 Å². The van der Waals surface area contributed by atoms with Crippen LogP contribution in [0.15, 0.2) is 60.7 Å². The molecule has 0 unspecified atom stereocenters. The molecule has 10 heteroatoms. The average molecular weight is 551 g/mol. The highest BCUT2D eigenvalue weighted by atomic mass is 32.2. The molecule has 2 N–H and O–H groups in total. The van der Waals surface area contributed by atoms with Crippen LogP contribution in [0.4, 0.5) is 21.5 Å². The van der Waals surface area contributed by atoms with E-state index < -0.39 is 33.4 Å². The van der Waals surface area contributed by atoms with Crippen molar-refractivity contribution in [1.82, 2.24) is 4.90 Å².